The van der Waals surface area contributed by atoms with Crippen LogP contribution in [-0.4, -0.2) is 9.55 Å². The van der Waals surface area contributed by atoms with Gasteiger partial charge in [-0.1, -0.05) is 66.8 Å². The van der Waals surface area contributed by atoms with E-state index in [4.69, 9.17) is 0 Å². The van der Waals surface area contributed by atoms with E-state index in [1.54, 1.807) is 22.8 Å². The highest BCUT2D eigenvalue weighted by molar-refractivity contribution is 6.15. The third-order valence-electron chi connectivity index (χ3n) is 6.26. The molecule has 0 radical (unpaired) electrons. The average molecular weight is 415 g/mol. The monoisotopic (exact) mass is 415 g/mol. The topological polar surface area (TPSA) is 41.6 Å². The highest BCUT2D eigenvalue weighted by Crippen LogP contribution is 2.44. The van der Waals surface area contributed by atoms with E-state index in [0.717, 1.165) is 43.8 Å². The molecule has 0 amide bonds. The summed E-state index contributed by atoms with van der Waals surface area (Å²) < 4.78 is 18.3. The van der Waals surface area contributed by atoms with Gasteiger partial charge < -0.3 is 4.57 Å². The molecule has 152 valence electrons. The summed E-state index contributed by atoms with van der Waals surface area (Å²) in [4.78, 5) is 4.64. The number of pyridine rings is 1. The Bertz CT molecular complexity index is 1620. The van der Waals surface area contributed by atoms with E-state index >= 15 is 4.39 Å². The number of hydrogen-bond donors (Lipinski definition) is 0. The van der Waals surface area contributed by atoms with Gasteiger partial charge in [-0.25, -0.2) is 4.39 Å². The minimum atomic E-state index is -1.98. The molecule has 32 heavy (non-hydrogen) atoms. The molecule has 0 N–H and O–H groups in total. The lowest BCUT2D eigenvalue weighted by Crippen LogP contribution is -2.34. The third-order valence-corrected chi connectivity index (χ3v) is 6.26. The molecule has 0 saturated carbocycles. The van der Waals surface area contributed by atoms with E-state index in [-0.39, 0.29) is 0 Å². The molecule has 2 aromatic heterocycles. The van der Waals surface area contributed by atoms with Crippen LogP contribution in [0.1, 0.15) is 0 Å². The van der Waals surface area contributed by atoms with Crippen LogP contribution in [-0.2, 0) is 5.79 Å². The minimum Gasteiger partial charge on any atom is -0.303 e. The SMILES string of the molecule is N#CC1C=CC=CC1(F)n1c2ccccc2c2c(-c3cnc4ccccc4c3)cccc21. The second-order valence-electron chi connectivity index (χ2n) is 8.05. The number of nitriles is 1. The lowest BCUT2D eigenvalue weighted by molar-refractivity contribution is 0.112. The van der Waals surface area contributed by atoms with Crippen molar-refractivity contribution in [3.8, 4) is 17.2 Å². The predicted molar refractivity (Wildman–Crippen MR) is 127 cm³/mol. The molecule has 2 unspecified atom stereocenters. The van der Waals surface area contributed by atoms with E-state index in [1.807, 2.05) is 72.9 Å². The summed E-state index contributed by atoms with van der Waals surface area (Å²) in [6, 6.07) is 26.0. The summed E-state index contributed by atoms with van der Waals surface area (Å²) in [5.41, 5.74) is 4.40. The van der Waals surface area contributed by atoms with Gasteiger partial charge in [0.1, 0.15) is 5.92 Å². The molecule has 0 aliphatic heterocycles. The molecule has 1 aliphatic rings. The average Bonchev–Trinajstić information content (AvgIpc) is 3.19. The van der Waals surface area contributed by atoms with E-state index in [9.17, 15) is 5.26 Å². The molecule has 1 aliphatic carbocycles. The number of nitrogens with zero attached hydrogens (tertiary/aromatic N) is 3. The maximum atomic E-state index is 16.6. The molecule has 4 heteroatoms. The van der Waals surface area contributed by atoms with E-state index in [1.165, 1.54) is 6.08 Å². The fourth-order valence-electron chi connectivity index (χ4n) is 4.80. The van der Waals surface area contributed by atoms with E-state index in [2.05, 4.69) is 17.1 Å². The summed E-state index contributed by atoms with van der Waals surface area (Å²) in [5, 5.41) is 12.7. The lowest BCUT2D eigenvalue weighted by atomic mass is 9.93. The van der Waals surface area contributed by atoms with Crippen LogP contribution >= 0.6 is 0 Å². The van der Waals surface area contributed by atoms with Crippen molar-refractivity contribution in [2.24, 2.45) is 5.92 Å². The number of hydrogen-bond acceptors (Lipinski definition) is 2. The molecule has 0 bridgehead atoms. The number of para-hydroxylation sites is 2. The molecule has 0 spiro atoms. The molecule has 3 nitrogen and oxygen atoms in total. The Morgan fingerprint density at radius 2 is 1.75 bits per heavy atom. The van der Waals surface area contributed by atoms with Crippen molar-refractivity contribution >= 4 is 32.7 Å². The number of alkyl halides is 1. The van der Waals surface area contributed by atoms with Crippen LogP contribution in [0, 0.1) is 17.2 Å². The van der Waals surface area contributed by atoms with E-state index < -0.39 is 11.7 Å². The van der Waals surface area contributed by atoms with Crippen LogP contribution in [0.3, 0.4) is 0 Å². The van der Waals surface area contributed by atoms with Gasteiger partial charge in [0.25, 0.3) is 0 Å². The number of aromatic nitrogens is 2. The Balaban J connectivity index is 1.71. The first kappa shape index (κ1) is 18.5. The Labute approximate surface area is 184 Å². The molecule has 6 rings (SSSR count). The molecule has 0 fully saturated rings. The molecular formula is C28H18FN3. The summed E-state index contributed by atoms with van der Waals surface area (Å²) in [6.07, 6.45) is 8.38. The number of allylic oxidation sites excluding steroid dienone is 4. The summed E-state index contributed by atoms with van der Waals surface area (Å²) in [5.74, 6) is -2.90. The first-order valence-corrected chi connectivity index (χ1v) is 10.5. The number of fused-ring (bicyclic) bond motifs is 4. The van der Waals surface area contributed by atoms with Crippen molar-refractivity contribution in [1.82, 2.24) is 9.55 Å². The van der Waals surface area contributed by atoms with Gasteiger partial charge in [0.15, 0.2) is 0 Å². The van der Waals surface area contributed by atoms with Crippen molar-refractivity contribution in [1.29, 1.82) is 5.26 Å². The fraction of sp³-hybridized carbons (Fsp3) is 0.0714. The first-order chi connectivity index (χ1) is 15.7. The van der Waals surface area contributed by atoms with Crippen LogP contribution in [0.4, 0.5) is 4.39 Å². The number of benzene rings is 3. The van der Waals surface area contributed by atoms with Crippen molar-refractivity contribution in [2.45, 2.75) is 5.79 Å². The van der Waals surface area contributed by atoms with Gasteiger partial charge in [-0.2, -0.15) is 5.26 Å². The maximum Gasteiger partial charge on any atom is 0.225 e. The molecule has 5 aromatic rings. The van der Waals surface area contributed by atoms with Gasteiger partial charge in [0.2, 0.25) is 5.79 Å². The van der Waals surface area contributed by atoms with Crippen molar-refractivity contribution in [2.75, 3.05) is 0 Å². The quantitative estimate of drug-likeness (QED) is 0.315. The summed E-state index contributed by atoms with van der Waals surface area (Å²) in [7, 11) is 0. The van der Waals surface area contributed by atoms with Crippen molar-refractivity contribution in [3.05, 3.63) is 103 Å². The van der Waals surface area contributed by atoms with Crippen molar-refractivity contribution in [3.63, 3.8) is 0 Å². The smallest absolute Gasteiger partial charge is 0.225 e. The minimum absolute atomic E-state index is 0.750. The second-order valence-corrected chi connectivity index (χ2v) is 8.05. The summed E-state index contributed by atoms with van der Waals surface area (Å²) in [6.45, 7) is 0. The maximum absolute atomic E-state index is 16.6. The molecule has 2 heterocycles. The number of rotatable bonds is 2. The van der Waals surface area contributed by atoms with Crippen LogP contribution in [0.15, 0.2) is 103 Å². The predicted octanol–water partition coefficient (Wildman–Crippen LogP) is 6.90. The fourth-order valence-corrected chi connectivity index (χ4v) is 4.80. The van der Waals surface area contributed by atoms with Gasteiger partial charge in [-0.15, -0.1) is 0 Å². The van der Waals surface area contributed by atoms with Gasteiger partial charge in [0.05, 0.1) is 22.6 Å². The van der Waals surface area contributed by atoms with Gasteiger partial charge in [-0.3, -0.25) is 4.98 Å². The Morgan fingerprint density at radius 1 is 0.938 bits per heavy atom. The Morgan fingerprint density at radius 3 is 2.66 bits per heavy atom. The Kier molecular flexibility index (Phi) is 3.99. The largest absolute Gasteiger partial charge is 0.303 e. The molecule has 2 atom stereocenters. The summed E-state index contributed by atoms with van der Waals surface area (Å²) >= 11 is 0. The van der Waals surface area contributed by atoms with Crippen molar-refractivity contribution < 1.29 is 4.39 Å². The van der Waals surface area contributed by atoms with Gasteiger partial charge in [0, 0.05) is 27.9 Å². The van der Waals surface area contributed by atoms with Gasteiger partial charge >= 0.3 is 0 Å². The van der Waals surface area contributed by atoms with E-state index in [0.29, 0.717) is 0 Å². The molecule has 3 aromatic carbocycles. The Hall–Kier alpha value is -4.23. The standard InChI is InChI=1S/C28H18FN3/c29-28(15-6-5-9-21(28)17-30)32-25-13-4-2-10-23(25)27-22(11-7-14-26(27)32)20-16-19-8-1-3-12-24(19)31-18-20/h1-16,18,21H. The van der Waals surface area contributed by atoms with Crippen LogP contribution in [0.25, 0.3) is 43.8 Å². The zero-order valence-corrected chi connectivity index (χ0v) is 17.1. The zero-order chi connectivity index (χ0) is 21.7. The highest BCUT2D eigenvalue weighted by atomic mass is 19.1. The van der Waals surface area contributed by atoms with Crippen LogP contribution in [0.2, 0.25) is 0 Å². The zero-order valence-electron chi connectivity index (χ0n) is 17.1. The third kappa shape index (κ3) is 2.55. The van der Waals surface area contributed by atoms with Gasteiger partial charge in [-0.05, 0) is 35.9 Å². The lowest BCUT2D eigenvalue weighted by Gasteiger charge is -2.30. The normalized spacial score (nSPS) is 20.2. The first-order valence-electron chi connectivity index (χ1n) is 10.5. The second kappa shape index (κ2) is 6.90. The highest BCUT2D eigenvalue weighted by Gasteiger charge is 2.41. The molecule has 0 saturated heterocycles. The number of halogens is 1. The molecular weight excluding hydrogens is 397 g/mol. The van der Waals surface area contributed by atoms with Crippen LogP contribution in [0.5, 0.6) is 0 Å². The van der Waals surface area contributed by atoms with Crippen LogP contribution < -0.4 is 0 Å².